The van der Waals surface area contributed by atoms with Crippen LogP contribution in [0.2, 0.25) is 0 Å². The monoisotopic (exact) mass is 918 g/mol. The molecule has 0 spiro atoms. The van der Waals surface area contributed by atoms with Gasteiger partial charge in [-0.1, -0.05) is 206 Å². The van der Waals surface area contributed by atoms with Crippen LogP contribution in [0.25, 0.3) is 33.4 Å². The van der Waals surface area contributed by atoms with Crippen LogP contribution in [0.4, 0.5) is 28.4 Å². The largest absolute Gasteiger partial charge is 0.345 e. The van der Waals surface area contributed by atoms with Gasteiger partial charge < -0.3 is 9.80 Å². The molecule has 0 N–H and O–H groups in total. The SMILES string of the molecule is CN(c1ccccc1)c1ccc2c(c1)C(c1ccccc1)(c1ccccc1)c1cc3c(cc1-2)C(c1ccccc1)(c1ccccc1)c1cc(N(c2ccccc2)c2cccc4c2Cc2ccccc2-4)ccc1-3. The lowest BCUT2D eigenvalue weighted by molar-refractivity contribution is 0.759. The van der Waals surface area contributed by atoms with Gasteiger partial charge in [0.05, 0.1) is 16.5 Å². The van der Waals surface area contributed by atoms with Crippen LogP contribution in [0.15, 0.2) is 273 Å². The number of rotatable bonds is 9. The van der Waals surface area contributed by atoms with Crippen molar-refractivity contribution in [2.45, 2.75) is 17.3 Å². The molecule has 0 saturated carbocycles. The summed E-state index contributed by atoms with van der Waals surface area (Å²) in [4.78, 5) is 4.82. The van der Waals surface area contributed by atoms with Gasteiger partial charge in [-0.3, -0.25) is 0 Å². The van der Waals surface area contributed by atoms with Crippen LogP contribution in [0, 0.1) is 0 Å². The maximum Gasteiger partial charge on any atom is 0.0714 e. The van der Waals surface area contributed by atoms with Crippen LogP contribution in [0.5, 0.6) is 0 Å². The van der Waals surface area contributed by atoms with Gasteiger partial charge in [0.2, 0.25) is 0 Å². The van der Waals surface area contributed by atoms with E-state index in [9.17, 15) is 0 Å². The standard InChI is InChI=1S/C70H50N2/c1-71(53-32-16-6-17-33-53)55-39-41-59-61-46-67-62(47-66(61)69(64(59)44-55,49-24-8-2-9-25-49)50-26-10-3-11-27-50)60-42-40-56(45-65(60)70(67,51-28-12-4-13-29-51)52-30-14-5-15-31-52)72(54-34-18-7-19-35-54)68-38-22-37-58-57-36-21-20-23-48(57)43-63(58)68/h2-42,44-47H,43H2,1H3. The number of hydrogen-bond acceptors (Lipinski definition) is 2. The van der Waals surface area contributed by atoms with Crippen LogP contribution in [-0.2, 0) is 17.3 Å². The molecule has 0 atom stereocenters. The normalized spacial score (nSPS) is 13.8. The fourth-order valence-electron chi connectivity index (χ4n) is 12.9. The van der Waals surface area contributed by atoms with E-state index < -0.39 is 10.8 Å². The zero-order chi connectivity index (χ0) is 47.8. The molecule has 0 radical (unpaired) electrons. The molecule has 2 heteroatoms. The Kier molecular flexibility index (Phi) is 9.66. The predicted octanol–water partition coefficient (Wildman–Crippen LogP) is 17.2. The van der Waals surface area contributed by atoms with Crippen LogP contribution < -0.4 is 9.80 Å². The van der Waals surface area contributed by atoms with Crippen molar-refractivity contribution in [3.8, 4) is 33.4 Å². The van der Waals surface area contributed by atoms with Gasteiger partial charge in [0.1, 0.15) is 0 Å². The van der Waals surface area contributed by atoms with Crippen molar-refractivity contribution in [2.75, 3.05) is 16.8 Å². The number of anilines is 5. The fourth-order valence-corrected chi connectivity index (χ4v) is 12.9. The molecule has 340 valence electrons. The Balaban J connectivity index is 1.07. The summed E-state index contributed by atoms with van der Waals surface area (Å²) in [6, 6.07) is 102. The average molecular weight is 919 g/mol. The van der Waals surface area contributed by atoms with Crippen LogP contribution >= 0.6 is 0 Å². The number of hydrogen-bond donors (Lipinski definition) is 0. The minimum Gasteiger partial charge on any atom is -0.345 e. The van der Waals surface area contributed by atoms with Crippen molar-refractivity contribution in [3.05, 3.63) is 329 Å². The summed E-state index contributed by atoms with van der Waals surface area (Å²) in [5.74, 6) is 0. The van der Waals surface area contributed by atoms with E-state index >= 15 is 0 Å². The van der Waals surface area contributed by atoms with Gasteiger partial charge in [-0.05, 0) is 156 Å². The van der Waals surface area contributed by atoms with Gasteiger partial charge in [-0.25, -0.2) is 0 Å². The van der Waals surface area contributed by atoms with E-state index in [1.54, 1.807) is 0 Å². The Bertz CT molecular complexity index is 3750. The van der Waals surface area contributed by atoms with Crippen LogP contribution in [-0.4, -0.2) is 7.05 Å². The molecule has 11 aromatic rings. The minimum absolute atomic E-state index is 0.615. The van der Waals surface area contributed by atoms with E-state index in [4.69, 9.17) is 0 Å². The van der Waals surface area contributed by atoms with Gasteiger partial charge >= 0.3 is 0 Å². The maximum atomic E-state index is 2.59. The molecule has 0 amide bonds. The molecule has 3 aliphatic rings. The van der Waals surface area contributed by atoms with E-state index in [-0.39, 0.29) is 0 Å². The lowest BCUT2D eigenvalue weighted by atomic mass is 9.66. The third kappa shape index (κ3) is 6.09. The third-order valence-electron chi connectivity index (χ3n) is 16.1. The molecule has 0 heterocycles. The Morgan fingerprint density at radius 1 is 0.292 bits per heavy atom. The first-order valence-electron chi connectivity index (χ1n) is 25.2. The summed E-state index contributed by atoms with van der Waals surface area (Å²) in [6.07, 6.45) is 0.890. The second-order valence-electron chi connectivity index (χ2n) is 19.6. The summed E-state index contributed by atoms with van der Waals surface area (Å²) in [5.41, 5.74) is 25.0. The van der Waals surface area contributed by atoms with Crippen molar-refractivity contribution >= 4 is 28.4 Å². The van der Waals surface area contributed by atoms with Crippen molar-refractivity contribution in [2.24, 2.45) is 0 Å². The summed E-state index contributed by atoms with van der Waals surface area (Å²) in [6.45, 7) is 0. The van der Waals surface area contributed by atoms with E-state index in [2.05, 4.69) is 290 Å². The van der Waals surface area contributed by atoms with E-state index in [1.165, 1.54) is 94.7 Å². The molecule has 0 saturated heterocycles. The summed E-state index contributed by atoms with van der Waals surface area (Å²) >= 11 is 0. The Labute approximate surface area is 422 Å². The van der Waals surface area contributed by atoms with Gasteiger partial charge in [-0.2, -0.15) is 0 Å². The molecule has 0 aromatic heterocycles. The molecule has 0 fully saturated rings. The first kappa shape index (κ1) is 41.9. The molecule has 2 nitrogen and oxygen atoms in total. The highest BCUT2D eigenvalue weighted by atomic mass is 15.1. The quantitative estimate of drug-likeness (QED) is 0.142. The first-order valence-corrected chi connectivity index (χ1v) is 25.2. The maximum absolute atomic E-state index is 2.59. The van der Waals surface area contributed by atoms with Gasteiger partial charge in [-0.15, -0.1) is 0 Å². The number of benzene rings is 11. The molecule has 14 rings (SSSR count). The first-order chi connectivity index (χ1) is 35.6. The summed E-state index contributed by atoms with van der Waals surface area (Å²) < 4.78 is 0. The van der Waals surface area contributed by atoms with Gasteiger partial charge in [0.15, 0.2) is 0 Å². The zero-order valence-electron chi connectivity index (χ0n) is 40.1. The van der Waals surface area contributed by atoms with Crippen LogP contribution in [0.1, 0.15) is 55.6 Å². The molecule has 72 heavy (non-hydrogen) atoms. The second kappa shape index (κ2) is 16.6. The highest BCUT2D eigenvalue weighted by Crippen LogP contribution is 2.63. The summed E-state index contributed by atoms with van der Waals surface area (Å²) in [7, 11) is 2.18. The lowest BCUT2D eigenvalue weighted by Crippen LogP contribution is -2.30. The van der Waals surface area contributed by atoms with Crippen LogP contribution in [0.3, 0.4) is 0 Å². The van der Waals surface area contributed by atoms with E-state index in [0.717, 1.165) is 29.2 Å². The van der Waals surface area contributed by atoms with Crippen molar-refractivity contribution < 1.29 is 0 Å². The highest BCUT2D eigenvalue weighted by Gasteiger charge is 2.52. The smallest absolute Gasteiger partial charge is 0.0714 e. The molecule has 0 unspecified atom stereocenters. The zero-order valence-corrected chi connectivity index (χ0v) is 40.1. The Morgan fingerprint density at radius 2 is 0.694 bits per heavy atom. The number of nitrogens with zero attached hydrogens (tertiary/aromatic N) is 2. The predicted molar refractivity (Wildman–Crippen MR) is 298 cm³/mol. The third-order valence-corrected chi connectivity index (χ3v) is 16.1. The molecule has 0 aliphatic heterocycles. The van der Waals surface area contributed by atoms with E-state index in [0.29, 0.717) is 0 Å². The second-order valence-corrected chi connectivity index (χ2v) is 19.6. The fraction of sp³-hybridized carbons (Fsp3) is 0.0571. The van der Waals surface area contributed by atoms with Gasteiger partial charge in [0.25, 0.3) is 0 Å². The Morgan fingerprint density at radius 3 is 1.21 bits per heavy atom. The van der Waals surface area contributed by atoms with Gasteiger partial charge in [0, 0.05) is 36.2 Å². The molecule has 11 aromatic carbocycles. The van der Waals surface area contributed by atoms with Crippen molar-refractivity contribution in [1.82, 2.24) is 0 Å². The molecule has 3 aliphatic carbocycles. The molecule has 0 bridgehead atoms. The summed E-state index contributed by atoms with van der Waals surface area (Å²) in [5, 5.41) is 0. The van der Waals surface area contributed by atoms with Crippen molar-refractivity contribution in [1.29, 1.82) is 0 Å². The minimum atomic E-state index is -0.659. The Hall–Kier alpha value is -8.98. The average Bonchev–Trinajstić information content (AvgIpc) is 4.08. The van der Waals surface area contributed by atoms with E-state index in [1.807, 2.05) is 0 Å². The lowest BCUT2D eigenvalue weighted by Gasteiger charge is -2.36. The topological polar surface area (TPSA) is 6.48 Å². The highest BCUT2D eigenvalue weighted by molar-refractivity contribution is 5.97. The number of para-hydroxylation sites is 2. The number of fused-ring (bicyclic) bond motifs is 9. The van der Waals surface area contributed by atoms with Crippen molar-refractivity contribution in [3.63, 3.8) is 0 Å². The molecular weight excluding hydrogens is 869 g/mol. The molecular formula is C70H50N2.